The van der Waals surface area contributed by atoms with Gasteiger partial charge in [-0.2, -0.15) is 0 Å². The molecule has 0 N–H and O–H groups in total. The van der Waals surface area contributed by atoms with Gasteiger partial charge in [0.2, 0.25) is 0 Å². The normalized spacial score (nSPS) is 0. The number of hydrogen-bond acceptors (Lipinski definition) is 0. The Morgan fingerprint density at radius 1 is 1.00 bits per heavy atom. The van der Waals surface area contributed by atoms with Crippen molar-refractivity contribution in [2.24, 2.45) is 0 Å². The van der Waals surface area contributed by atoms with Crippen LogP contribution in [0.5, 0.6) is 0 Å². The van der Waals surface area contributed by atoms with Crippen LogP contribution in [-0.4, -0.2) is 10.1 Å². The molecule has 4 heavy (non-hydrogen) atoms. The zero-order valence-corrected chi connectivity index (χ0v) is 6.39. The van der Waals surface area contributed by atoms with Gasteiger partial charge >= 0.3 is 10.1 Å². The molecule has 0 heterocycles. The van der Waals surface area contributed by atoms with Crippen LogP contribution in [0, 0.1) is 0 Å². The molecule has 0 saturated heterocycles. The van der Waals surface area contributed by atoms with Crippen molar-refractivity contribution >= 4 is 10.1 Å². The summed E-state index contributed by atoms with van der Waals surface area (Å²) < 4.78 is 0. The summed E-state index contributed by atoms with van der Waals surface area (Å²) in [7, 11) is 0. The van der Waals surface area contributed by atoms with E-state index in [2.05, 4.69) is 0 Å². The fourth-order valence-electron chi connectivity index (χ4n) is 0. The van der Waals surface area contributed by atoms with Crippen LogP contribution >= 0.6 is 0 Å². The molecule has 0 aromatic rings. The third kappa shape index (κ3) is 8.86. The summed E-state index contributed by atoms with van der Waals surface area (Å²) in [5.74, 6) is 0. The van der Waals surface area contributed by atoms with E-state index in [4.69, 9.17) is 0 Å². The van der Waals surface area contributed by atoms with Gasteiger partial charge in [0.1, 0.15) is 0 Å². The predicted octanol–water partition coefficient (Wildman–Crippen LogP) is -0.924. The Morgan fingerprint density at radius 2 is 1.00 bits per heavy atom. The molecule has 4 heteroatoms. The summed E-state index contributed by atoms with van der Waals surface area (Å²) in [6.07, 6.45) is 0. The van der Waals surface area contributed by atoms with E-state index in [-0.39, 0.29) is 74.8 Å². The first-order valence-corrected chi connectivity index (χ1v) is 0. The van der Waals surface area contributed by atoms with Gasteiger partial charge in [0.05, 0.1) is 0 Å². The number of hydrogen-bond donors (Lipinski definition) is 0. The fourth-order valence-corrected chi connectivity index (χ4v) is 0. The summed E-state index contributed by atoms with van der Waals surface area (Å²) >= 11 is 0. The minimum atomic E-state index is 0. The Labute approximate surface area is 73.9 Å². The van der Waals surface area contributed by atoms with Gasteiger partial charge in [-0.3, -0.25) is 0 Å². The summed E-state index contributed by atoms with van der Waals surface area (Å²) in [6.45, 7) is 0. The first-order chi connectivity index (χ1) is 0. The smallest absolute Gasteiger partial charge is 0 e. The molecule has 0 amide bonds. The van der Waals surface area contributed by atoms with Crippen LogP contribution in [-0.2, 0) is 64.7 Å². The fraction of sp³-hybridized carbons (Fsp3) is 0. The van der Waals surface area contributed by atoms with Crippen LogP contribution in [0.4, 0.5) is 0 Å². The Bertz CT molecular complexity index is 8.00. The maximum Gasteiger partial charge on any atom is 0 e. The van der Waals surface area contributed by atoms with Crippen LogP contribution in [0.3, 0.4) is 0 Å². The molecule has 0 nitrogen and oxygen atoms in total. The summed E-state index contributed by atoms with van der Waals surface area (Å²) in [6, 6.07) is 0. The zero-order valence-electron chi connectivity index (χ0n) is 1.33. The van der Waals surface area contributed by atoms with Gasteiger partial charge in [-0.05, 0) is 0 Å². The van der Waals surface area contributed by atoms with Crippen LogP contribution in [0.1, 0.15) is 0 Å². The maximum atomic E-state index is 0. The molecule has 0 aliphatic rings. The third-order valence-corrected chi connectivity index (χ3v) is 0. The second-order valence-electron chi connectivity index (χ2n) is 0. The monoisotopic (exact) mass is 208 g/mol. The Morgan fingerprint density at radius 3 is 1.00 bits per heavy atom. The molecule has 0 atom stereocenters. The van der Waals surface area contributed by atoms with Crippen molar-refractivity contribution in [2.45, 2.75) is 0 Å². The molecule has 21 valence electrons. The number of rotatable bonds is 0. The van der Waals surface area contributed by atoms with Gasteiger partial charge in [-0.15, -0.1) is 0 Å². The van der Waals surface area contributed by atoms with Crippen LogP contribution in [0.2, 0.25) is 0 Å². The molecule has 0 aliphatic heterocycles. The van der Waals surface area contributed by atoms with Gasteiger partial charge < -0.3 is 0 Å². The predicted molar refractivity (Wildman–Crippen MR) is 8.54 cm³/mol. The molecule has 0 unspecified atom stereocenters. The summed E-state index contributed by atoms with van der Waals surface area (Å²) in [5.41, 5.74) is 0. The van der Waals surface area contributed by atoms with Crippen molar-refractivity contribution in [1.29, 1.82) is 0 Å². The molecule has 0 bridgehead atoms. The molecule has 0 spiro atoms. The minimum Gasteiger partial charge on any atom is 0 e. The van der Waals surface area contributed by atoms with Crippen molar-refractivity contribution in [3.8, 4) is 0 Å². The summed E-state index contributed by atoms with van der Waals surface area (Å²) in [5, 5.41) is 0. The molecular formula is H2BeCoTiZr. The molecule has 0 aromatic carbocycles. The zero-order chi connectivity index (χ0) is 0. The minimum absolute atomic E-state index is 0. The van der Waals surface area contributed by atoms with Crippen LogP contribution in [0.15, 0.2) is 0 Å². The SMILES string of the molecule is [BeH2].[Co].[Ti].[Zr]. The Balaban J connectivity index is 0. The van der Waals surface area contributed by atoms with E-state index < -0.39 is 0 Å². The van der Waals surface area contributed by atoms with Gasteiger partial charge in [-0.1, -0.05) is 0 Å². The van der Waals surface area contributed by atoms with Crippen molar-refractivity contribution < 1.29 is 64.7 Å². The molecule has 0 aliphatic carbocycles. The van der Waals surface area contributed by atoms with E-state index in [1.807, 2.05) is 0 Å². The van der Waals surface area contributed by atoms with Crippen molar-refractivity contribution in [3.63, 3.8) is 0 Å². The largest absolute Gasteiger partial charge is 0 e. The molecule has 0 aromatic heterocycles. The topological polar surface area (TPSA) is 0 Å². The maximum absolute atomic E-state index is 0. The Kier molecular flexibility index (Phi) is 157. The van der Waals surface area contributed by atoms with Gasteiger partial charge in [0.15, 0.2) is 0 Å². The van der Waals surface area contributed by atoms with Gasteiger partial charge in [0.25, 0.3) is 0 Å². The molecule has 0 fully saturated rings. The molecular weight excluding hydrogens is 207 g/mol. The van der Waals surface area contributed by atoms with Crippen molar-refractivity contribution in [1.82, 2.24) is 0 Å². The average molecular weight is 209 g/mol. The quantitative estimate of drug-likeness (QED) is 0.452. The third-order valence-electron chi connectivity index (χ3n) is 0. The molecule has 0 rings (SSSR count). The van der Waals surface area contributed by atoms with E-state index in [9.17, 15) is 0 Å². The van der Waals surface area contributed by atoms with E-state index in [1.165, 1.54) is 0 Å². The van der Waals surface area contributed by atoms with E-state index in [1.54, 1.807) is 0 Å². The second kappa shape index (κ2) is 18.6. The first kappa shape index (κ1) is 33.8. The summed E-state index contributed by atoms with van der Waals surface area (Å²) in [4.78, 5) is 0. The Hall–Kier alpha value is 2.27. The van der Waals surface area contributed by atoms with Crippen molar-refractivity contribution in [3.05, 3.63) is 0 Å². The molecule has 0 saturated carbocycles. The van der Waals surface area contributed by atoms with Gasteiger partial charge in [0, 0.05) is 64.7 Å². The standard InChI is InChI=1S/Be.Co.Ti.Zr.2H. The van der Waals surface area contributed by atoms with E-state index >= 15 is 0 Å². The second-order valence-corrected chi connectivity index (χ2v) is 0. The molecule has 1 radical (unpaired) electrons. The average Bonchev–Trinajstić information content (AvgIpc) is 0. The van der Waals surface area contributed by atoms with E-state index in [0.29, 0.717) is 0 Å². The van der Waals surface area contributed by atoms with E-state index in [0.717, 1.165) is 0 Å². The van der Waals surface area contributed by atoms with Crippen LogP contribution < -0.4 is 0 Å². The van der Waals surface area contributed by atoms with Gasteiger partial charge in [-0.25, -0.2) is 0 Å². The van der Waals surface area contributed by atoms with Crippen LogP contribution in [0.25, 0.3) is 0 Å². The first-order valence-electron chi connectivity index (χ1n) is 0. The van der Waals surface area contributed by atoms with Crippen molar-refractivity contribution in [2.75, 3.05) is 0 Å².